The Kier molecular flexibility index (Phi) is 4.89. The molecular formula is C17H16F2N4O4. The van der Waals surface area contributed by atoms with Gasteiger partial charge in [-0.3, -0.25) is 20.2 Å². The Labute approximate surface area is 152 Å². The van der Waals surface area contributed by atoms with E-state index in [1.165, 1.54) is 12.1 Å². The summed E-state index contributed by atoms with van der Waals surface area (Å²) < 4.78 is 26.7. The van der Waals surface area contributed by atoms with Crippen LogP contribution in [0.2, 0.25) is 0 Å². The number of hydrogen-bond acceptors (Lipinski definition) is 6. The number of nitro benzene ring substituents is 2. The summed E-state index contributed by atoms with van der Waals surface area (Å²) in [4.78, 5) is 24.7. The number of nitrogens with zero attached hydrogens (tertiary/aromatic N) is 4. The maximum atomic E-state index is 13.4. The first-order chi connectivity index (χ1) is 12.8. The van der Waals surface area contributed by atoms with Gasteiger partial charge in [-0.2, -0.15) is 0 Å². The smallest absolute Gasteiger partial charge is 0.295 e. The number of piperazine rings is 1. The van der Waals surface area contributed by atoms with Gasteiger partial charge in [-0.1, -0.05) is 0 Å². The van der Waals surface area contributed by atoms with Crippen LogP contribution in [0.1, 0.15) is 6.92 Å². The number of benzene rings is 2. The summed E-state index contributed by atoms with van der Waals surface area (Å²) in [6, 6.07) is 6.54. The summed E-state index contributed by atoms with van der Waals surface area (Å²) in [7, 11) is 0. The molecule has 0 aromatic heterocycles. The topological polar surface area (TPSA) is 92.8 Å². The summed E-state index contributed by atoms with van der Waals surface area (Å²) in [6.45, 7) is 2.82. The molecule has 1 fully saturated rings. The van der Waals surface area contributed by atoms with Gasteiger partial charge in [-0.15, -0.1) is 0 Å². The van der Waals surface area contributed by atoms with Crippen molar-refractivity contribution in [1.29, 1.82) is 0 Å². The molecule has 0 N–H and O–H groups in total. The Morgan fingerprint density at radius 2 is 1.44 bits per heavy atom. The molecule has 0 unspecified atom stereocenters. The van der Waals surface area contributed by atoms with Gasteiger partial charge >= 0.3 is 0 Å². The van der Waals surface area contributed by atoms with Gasteiger partial charge in [0, 0.05) is 25.7 Å². The highest BCUT2D eigenvalue weighted by Gasteiger charge is 2.31. The fourth-order valence-electron chi connectivity index (χ4n) is 3.33. The molecule has 0 radical (unpaired) electrons. The first kappa shape index (κ1) is 18.5. The van der Waals surface area contributed by atoms with Crippen LogP contribution < -0.4 is 9.80 Å². The van der Waals surface area contributed by atoms with E-state index >= 15 is 0 Å². The zero-order chi connectivity index (χ0) is 19.7. The fourth-order valence-corrected chi connectivity index (χ4v) is 3.33. The van der Waals surface area contributed by atoms with E-state index < -0.39 is 21.5 Å². The third kappa shape index (κ3) is 3.64. The molecule has 0 saturated carbocycles. The Hall–Kier alpha value is -3.30. The van der Waals surface area contributed by atoms with Gasteiger partial charge in [-0.25, -0.2) is 8.78 Å². The van der Waals surface area contributed by atoms with Gasteiger partial charge in [0.05, 0.1) is 22.0 Å². The highest BCUT2D eigenvalue weighted by Crippen LogP contribution is 2.34. The summed E-state index contributed by atoms with van der Waals surface area (Å²) >= 11 is 0. The standard InChI is InChI=1S/C17H16F2N4O4/c1-11-10-20(14-4-2-12(18)8-16(14)22(24)25)6-7-21(11)15-5-3-13(19)9-17(15)23(26)27/h2-5,8-9,11H,6-7,10H2,1H3/t11-/m0/s1. The van der Waals surface area contributed by atoms with E-state index in [9.17, 15) is 29.0 Å². The molecule has 3 rings (SSSR count). The van der Waals surface area contributed by atoms with Crippen LogP contribution in [0.3, 0.4) is 0 Å². The number of rotatable bonds is 4. The summed E-state index contributed by atoms with van der Waals surface area (Å²) in [5.74, 6) is -1.39. The van der Waals surface area contributed by atoms with E-state index in [1.807, 2.05) is 6.92 Å². The van der Waals surface area contributed by atoms with Crippen LogP contribution in [0.5, 0.6) is 0 Å². The minimum atomic E-state index is -0.696. The van der Waals surface area contributed by atoms with Gasteiger partial charge in [-0.05, 0) is 31.2 Å². The molecule has 1 heterocycles. The van der Waals surface area contributed by atoms with E-state index in [-0.39, 0.29) is 17.4 Å². The zero-order valence-corrected chi connectivity index (χ0v) is 14.3. The second-order valence-corrected chi connectivity index (χ2v) is 6.27. The maximum absolute atomic E-state index is 13.4. The van der Waals surface area contributed by atoms with Crippen LogP contribution in [0.25, 0.3) is 0 Å². The van der Waals surface area contributed by atoms with E-state index in [2.05, 4.69) is 0 Å². The molecule has 0 spiro atoms. The van der Waals surface area contributed by atoms with E-state index in [1.54, 1.807) is 9.80 Å². The third-order valence-corrected chi connectivity index (χ3v) is 4.55. The molecular weight excluding hydrogens is 362 g/mol. The molecule has 1 aliphatic heterocycles. The summed E-state index contributed by atoms with van der Waals surface area (Å²) in [5, 5.41) is 22.5. The van der Waals surface area contributed by atoms with Gasteiger partial charge < -0.3 is 9.80 Å². The van der Waals surface area contributed by atoms with Crippen molar-refractivity contribution < 1.29 is 18.6 Å². The normalized spacial score (nSPS) is 17.1. The second-order valence-electron chi connectivity index (χ2n) is 6.27. The van der Waals surface area contributed by atoms with Gasteiger partial charge in [0.2, 0.25) is 0 Å². The van der Waals surface area contributed by atoms with E-state index in [4.69, 9.17) is 0 Å². The Morgan fingerprint density at radius 3 is 1.96 bits per heavy atom. The van der Waals surface area contributed by atoms with Crippen LogP contribution in [0, 0.1) is 31.9 Å². The SMILES string of the molecule is C[C@H]1CN(c2ccc(F)cc2[N+](=O)[O-])CCN1c1ccc(F)cc1[N+](=O)[O-]. The lowest BCUT2D eigenvalue weighted by molar-refractivity contribution is -0.384. The first-order valence-corrected chi connectivity index (χ1v) is 8.17. The van der Waals surface area contributed by atoms with Crippen LogP contribution in [-0.2, 0) is 0 Å². The van der Waals surface area contributed by atoms with E-state index in [0.717, 1.165) is 24.3 Å². The number of hydrogen-bond donors (Lipinski definition) is 0. The molecule has 2 aromatic rings. The highest BCUT2D eigenvalue weighted by atomic mass is 19.1. The third-order valence-electron chi connectivity index (χ3n) is 4.55. The molecule has 27 heavy (non-hydrogen) atoms. The molecule has 0 bridgehead atoms. The van der Waals surface area contributed by atoms with E-state index in [0.29, 0.717) is 31.0 Å². The molecule has 0 aliphatic carbocycles. The number of halogens is 2. The Bertz CT molecular complexity index is 908. The molecule has 8 nitrogen and oxygen atoms in total. The second kappa shape index (κ2) is 7.14. The lowest BCUT2D eigenvalue weighted by Crippen LogP contribution is -2.52. The largest absolute Gasteiger partial charge is 0.362 e. The van der Waals surface area contributed by atoms with Crippen molar-refractivity contribution in [1.82, 2.24) is 0 Å². The van der Waals surface area contributed by atoms with Crippen LogP contribution in [-0.4, -0.2) is 35.5 Å². The predicted octanol–water partition coefficient (Wildman–Crippen LogP) is 3.50. The van der Waals surface area contributed by atoms with Crippen molar-refractivity contribution in [2.75, 3.05) is 29.4 Å². The van der Waals surface area contributed by atoms with Crippen LogP contribution in [0.15, 0.2) is 36.4 Å². The predicted molar refractivity (Wildman–Crippen MR) is 95.1 cm³/mol. The van der Waals surface area contributed by atoms with Crippen molar-refractivity contribution in [3.63, 3.8) is 0 Å². The minimum Gasteiger partial charge on any atom is -0.362 e. The average Bonchev–Trinajstić information content (AvgIpc) is 2.61. The lowest BCUT2D eigenvalue weighted by atomic mass is 10.1. The van der Waals surface area contributed by atoms with Crippen molar-refractivity contribution >= 4 is 22.7 Å². The quantitative estimate of drug-likeness (QED) is 0.597. The molecule has 1 aliphatic rings. The number of anilines is 2. The number of nitro groups is 2. The maximum Gasteiger partial charge on any atom is 0.295 e. The highest BCUT2D eigenvalue weighted by molar-refractivity contribution is 5.67. The minimum absolute atomic E-state index is 0.243. The van der Waals surface area contributed by atoms with Gasteiger partial charge in [0.1, 0.15) is 23.0 Å². The summed E-state index contributed by atoms with van der Waals surface area (Å²) in [6.07, 6.45) is 0. The van der Waals surface area contributed by atoms with Gasteiger partial charge in [0.25, 0.3) is 11.4 Å². The lowest BCUT2D eigenvalue weighted by Gasteiger charge is -2.41. The molecule has 142 valence electrons. The van der Waals surface area contributed by atoms with Crippen molar-refractivity contribution in [3.05, 3.63) is 68.3 Å². The zero-order valence-electron chi connectivity index (χ0n) is 14.3. The molecule has 2 aromatic carbocycles. The van der Waals surface area contributed by atoms with Crippen molar-refractivity contribution in [2.45, 2.75) is 13.0 Å². The van der Waals surface area contributed by atoms with Crippen molar-refractivity contribution in [2.24, 2.45) is 0 Å². The molecule has 10 heteroatoms. The Morgan fingerprint density at radius 1 is 0.926 bits per heavy atom. The van der Waals surface area contributed by atoms with Crippen LogP contribution in [0.4, 0.5) is 31.5 Å². The molecule has 1 saturated heterocycles. The fraction of sp³-hybridized carbons (Fsp3) is 0.294. The van der Waals surface area contributed by atoms with Crippen molar-refractivity contribution in [3.8, 4) is 0 Å². The summed E-state index contributed by atoms with van der Waals surface area (Å²) in [5.41, 5.74) is -0.0739. The molecule has 1 atom stereocenters. The Balaban J connectivity index is 1.88. The van der Waals surface area contributed by atoms with Gasteiger partial charge in [0.15, 0.2) is 0 Å². The average molecular weight is 378 g/mol. The molecule has 0 amide bonds. The first-order valence-electron chi connectivity index (χ1n) is 8.17. The van der Waals surface area contributed by atoms with Crippen LogP contribution >= 0.6 is 0 Å². The monoisotopic (exact) mass is 378 g/mol.